The Balaban J connectivity index is 1.44. The highest BCUT2D eigenvalue weighted by molar-refractivity contribution is 5.96. The van der Waals surface area contributed by atoms with E-state index >= 15 is 0 Å². The van der Waals surface area contributed by atoms with Gasteiger partial charge in [0.05, 0.1) is 43.0 Å². The quantitative estimate of drug-likeness (QED) is 0.170. The summed E-state index contributed by atoms with van der Waals surface area (Å²) in [5.41, 5.74) is -5.52. The molecule has 13 heteroatoms. The lowest BCUT2D eigenvalue weighted by molar-refractivity contribution is -0.299. The Morgan fingerprint density at radius 3 is 2.08 bits per heavy atom. The van der Waals surface area contributed by atoms with E-state index in [0.29, 0.717) is 18.4 Å². The first-order valence-electron chi connectivity index (χ1n) is 17.7. The predicted molar refractivity (Wildman–Crippen MR) is 171 cm³/mol. The minimum atomic E-state index is -1.81. The maximum atomic E-state index is 14.7. The lowest BCUT2D eigenvalue weighted by atomic mass is 9.32. The number of aliphatic hydroxyl groups excluding tert-OH is 9. The third kappa shape index (κ3) is 4.80. The summed E-state index contributed by atoms with van der Waals surface area (Å²) in [6, 6.07) is 0. The second-order valence-corrected chi connectivity index (χ2v) is 18.0. The molecular weight excluding hydrogens is 640 g/mol. The summed E-state index contributed by atoms with van der Waals surface area (Å²) in [7, 11) is 0. The molecule has 17 atom stereocenters. The number of ether oxygens (including phenoxy) is 2. The molecule has 6 rings (SSSR count). The first-order valence-corrected chi connectivity index (χ1v) is 17.7. The summed E-state index contributed by atoms with van der Waals surface area (Å²) < 4.78 is 11.3. The highest BCUT2D eigenvalue weighted by Crippen LogP contribution is 2.75. The van der Waals surface area contributed by atoms with Crippen molar-refractivity contribution in [2.45, 2.75) is 135 Å². The maximum Gasteiger partial charge on any atom is 0.315 e. The molecule has 4 saturated carbocycles. The van der Waals surface area contributed by atoms with Crippen molar-refractivity contribution in [3.63, 3.8) is 0 Å². The monoisotopic (exact) mass is 696 g/mol. The number of carbonyl (C=O) groups is 2. The minimum absolute atomic E-state index is 0.0329. The normalized spacial score (nSPS) is 55.2. The van der Waals surface area contributed by atoms with Crippen molar-refractivity contribution in [1.29, 1.82) is 0 Å². The van der Waals surface area contributed by atoms with Crippen LogP contribution in [-0.2, 0) is 19.1 Å². The summed E-state index contributed by atoms with van der Waals surface area (Å²) in [4.78, 5) is 29.1. The van der Waals surface area contributed by atoms with E-state index in [4.69, 9.17) is 9.47 Å². The number of carbonyl (C=O) groups excluding carboxylic acids is 2. The highest BCUT2D eigenvalue weighted by atomic mass is 16.7. The fourth-order valence-corrected chi connectivity index (χ4v) is 12.1. The molecule has 5 fully saturated rings. The number of ketones is 1. The van der Waals surface area contributed by atoms with Gasteiger partial charge in [0.25, 0.3) is 0 Å². The molecule has 6 aliphatic rings. The zero-order chi connectivity index (χ0) is 36.4. The average Bonchev–Trinajstić information content (AvgIpc) is 3.02. The summed E-state index contributed by atoms with van der Waals surface area (Å²) in [6.07, 6.45) is -9.89. The zero-order valence-corrected chi connectivity index (χ0v) is 29.3. The molecule has 9 N–H and O–H groups in total. The Hall–Kier alpha value is -1.52. The number of allylic oxidation sites excluding steroid dienone is 1. The Morgan fingerprint density at radius 1 is 0.837 bits per heavy atom. The molecule has 1 saturated heterocycles. The SMILES string of the molecule is CC1(C)CCC2(C(=O)OC3OC(CO)C(O)C(O)C3O)CCC3(C)C(=CC(=O)C4C5(C)CC(O)C(O)C(C)(CO)C5C(O)CC43C)C2C1O. The fourth-order valence-electron chi connectivity index (χ4n) is 12.1. The molecule has 0 bridgehead atoms. The minimum Gasteiger partial charge on any atom is -0.432 e. The van der Waals surface area contributed by atoms with Crippen LogP contribution in [0.25, 0.3) is 0 Å². The van der Waals surface area contributed by atoms with E-state index in [0.717, 1.165) is 0 Å². The molecule has 49 heavy (non-hydrogen) atoms. The maximum absolute atomic E-state index is 14.7. The van der Waals surface area contributed by atoms with Crippen molar-refractivity contribution in [2.75, 3.05) is 13.2 Å². The molecule has 1 heterocycles. The molecule has 0 aromatic rings. The van der Waals surface area contributed by atoms with E-state index in [1.54, 1.807) is 13.0 Å². The fraction of sp³-hybridized carbons (Fsp3) is 0.889. The Morgan fingerprint density at radius 2 is 1.47 bits per heavy atom. The molecule has 0 aromatic carbocycles. The third-order valence-corrected chi connectivity index (χ3v) is 15.1. The summed E-state index contributed by atoms with van der Waals surface area (Å²) in [5.74, 6) is -3.40. The van der Waals surface area contributed by atoms with Gasteiger partial charge in [0.2, 0.25) is 6.29 Å². The van der Waals surface area contributed by atoms with Gasteiger partial charge in [-0.05, 0) is 66.3 Å². The van der Waals surface area contributed by atoms with Crippen molar-refractivity contribution in [3.05, 3.63) is 11.6 Å². The Bertz CT molecular complexity index is 1380. The van der Waals surface area contributed by atoms with Crippen molar-refractivity contribution in [2.24, 2.45) is 50.2 Å². The van der Waals surface area contributed by atoms with Crippen LogP contribution in [0.4, 0.5) is 0 Å². The lowest BCUT2D eigenvalue weighted by Crippen LogP contribution is -2.73. The number of rotatable bonds is 4. The first-order chi connectivity index (χ1) is 22.6. The van der Waals surface area contributed by atoms with E-state index < -0.39 is 125 Å². The molecule has 13 nitrogen and oxygen atoms in total. The third-order valence-electron chi connectivity index (χ3n) is 15.1. The van der Waals surface area contributed by atoms with Crippen LogP contribution in [0.5, 0.6) is 0 Å². The van der Waals surface area contributed by atoms with Crippen molar-refractivity contribution < 1.29 is 65.0 Å². The average molecular weight is 697 g/mol. The molecule has 0 amide bonds. The van der Waals surface area contributed by atoms with Crippen LogP contribution in [0.2, 0.25) is 0 Å². The lowest BCUT2D eigenvalue weighted by Gasteiger charge is -2.71. The molecule has 0 spiro atoms. The topological polar surface area (TPSA) is 235 Å². The number of aliphatic hydroxyl groups is 9. The molecule has 5 aliphatic carbocycles. The number of fused-ring (bicyclic) bond motifs is 7. The van der Waals surface area contributed by atoms with Crippen LogP contribution in [0.1, 0.15) is 80.1 Å². The number of hydrogen-bond acceptors (Lipinski definition) is 13. The number of hydrogen-bond donors (Lipinski definition) is 9. The largest absolute Gasteiger partial charge is 0.432 e. The van der Waals surface area contributed by atoms with Crippen LogP contribution in [0, 0.1) is 50.2 Å². The van der Waals surface area contributed by atoms with E-state index in [1.165, 1.54) is 0 Å². The number of esters is 1. The predicted octanol–water partition coefficient (Wildman–Crippen LogP) is -0.444. The van der Waals surface area contributed by atoms with Gasteiger partial charge >= 0.3 is 5.97 Å². The van der Waals surface area contributed by atoms with Crippen molar-refractivity contribution >= 4 is 11.8 Å². The molecule has 17 unspecified atom stereocenters. The smallest absolute Gasteiger partial charge is 0.315 e. The molecule has 1 aliphatic heterocycles. The second-order valence-electron chi connectivity index (χ2n) is 18.0. The van der Waals surface area contributed by atoms with Gasteiger partial charge in [0.1, 0.15) is 24.4 Å². The second kappa shape index (κ2) is 11.7. The first kappa shape index (κ1) is 37.2. The van der Waals surface area contributed by atoms with E-state index in [2.05, 4.69) is 0 Å². The van der Waals surface area contributed by atoms with Crippen LogP contribution < -0.4 is 0 Å². The molecular formula is C36H56O13. The molecule has 0 aromatic heterocycles. The molecule has 0 radical (unpaired) electrons. The van der Waals surface area contributed by atoms with Crippen LogP contribution in [-0.4, -0.2) is 126 Å². The van der Waals surface area contributed by atoms with E-state index in [-0.39, 0.29) is 31.5 Å². The van der Waals surface area contributed by atoms with Crippen LogP contribution in [0.15, 0.2) is 11.6 Å². The van der Waals surface area contributed by atoms with Gasteiger partial charge in [-0.15, -0.1) is 0 Å². The van der Waals surface area contributed by atoms with Crippen LogP contribution in [0.3, 0.4) is 0 Å². The molecule has 278 valence electrons. The van der Waals surface area contributed by atoms with Crippen molar-refractivity contribution in [1.82, 2.24) is 0 Å². The highest BCUT2D eigenvalue weighted by Gasteiger charge is 2.75. The van der Waals surface area contributed by atoms with Gasteiger partial charge in [-0.25, -0.2) is 0 Å². The Labute approximate surface area is 286 Å². The van der Waals surface area contributed by atoms with Gasteiger partial charge < -0.3 is 55.4 Å². The van der Waals surface area contributed by atoms with Crippen LogP contribution >= 0.6 is 0 Å². The summed E-state index contributed by atoms with van der Waals surface area (Å²) in [5, 5.41) is 97.8. The van der Waals surface area contributed by atoms with E-state index in [1.807, 2.05) is 34.6 Å². The van der Waals surface area contributed by atoms with Gasteiger partial charge in [0.15, 0.2) is 5.78 Å². The van der Waals surface area contributed by atoms with Gasteiger partial charge in [-0.2, -0.15) is 0 Å². The van der Waals surface area contributed by atoms with Crippen molar-refractivity contribution in [3.8, 4) is 0 Å². The summed E-state index contributed by atoms with van der Waals surface area (Å²) in [6.45, 7) is 10.1. The van der Waals surface area contributed by atoms with Gasteiger partial charge in [-0.3, -0.25) is 9.59 Å². The standard InChI is InChI=1S/C36H56O13/c1-31(2)7-9-36(30(47)49-29-24(44)23(43)22(42)20(14-37)48-29)10-8-34(5)16(21(36)28(31)46)11-17(39)26-32(3)12-19(41)27(45)33(4,15-38)25(32)18(40)13-35(26,34)6/h11,18-29,37-38,40-46H,7-10,12-15H2,1-6H3. The van der Waals surface area contributed by atoms with Gasteiger partial charge in [0, 0.05) is 23.2 Å². The zero-order valence-electron chi connectivity index (χ0n) is 29.3. The van der Waals surface area contributed by atoms with Gasteiger partial charge in [-0.1, -0.05) is 47.1 Å². The van der Waals surface area contributed by atoms with E-state index in [9.17, 15) is 55.5 Å². The summed E-state index contributed by atoms with van der Waals surface area (Å²) >= 11 is 0. The Kier molecular flexibility index (Phi) is 8.93.